The molecule has 0 radical (unpaired) electrons. The molecule has 4 aromatic rings. The summed E-state index contributed by atoms with van der Waals surface area (Å²) in [6.45, 7) is 4.26. The highest BCUT2D eigenvalue weighted by atomic mass is 16.5. The number of hydrogen-bond donors (Lipinski definition) is 0. The maximum atomic E-state index is 12.8. The van der Waals surface area contributed by atoms with Crippen LogP contribution >= 0.6 is 0 Å². The van der Waals surface area contributed by atoms with E-state index in [9.17, 15) is 9.59 Å². The third-order valence-corrected chi connectivity index (χ3v) is 4.83. The zero-order valence-corrected chi connectivity index (χ0v) is 15.8. The molecular formula is C21H20N4O3. The number of rotatable bonds is 5. The molecule has 0 saturated heterocycles. The summed E-state index contributed by atoms with van der Waals surface area (Å²) in [5.41, 5.74) is 1.95. The van der Waals surface area contributed by atoms with E-state index >= 15 is 0 Å². The molecule has 0 fully saturated rings. The Bertz CT molecular complexity index is 1250. The number of nitrogens with zero attached hydrogens (tertiary/aromatic N) is 4. The van der Waals surface area contributed by atoms with Gasteiger partial charge in [0.1, 0.15) is 6.54 Å². The minimum atomic E-state index is -0.391. The van der Waals surface area contributed by atoms with Gasteiger partial charge in [0.15, 0.2) is 0 Å². The van der Waals surface area contributed by atoms with Crippen LogP contribution in [0, 0.1) is 0 Å². The van der Waals surface area contributed by atoms with E-state index in [0.29, 0.717) is 29.2 Å². The molecule has 0 saturated carbocycles. The fraction of sp³-hybridized carbons (Fsp3) is 0.238. The molecule has 2 heterocycles. The van der Waals surface area contributed by atoms with Gasteiger partial charge in [-0.3, -0.25) is 13.9 Å². The van der Waals surface area contributed by atoms with Crippen LogP contribution < -0.4 is 11.2 Å². The molecule has 0 atom stereocenters. The summed E-state index contributed by atoms with van der Waals surface area (Å²) >= 11 is 0. The fourth-order valence-corrected chi connectivity index (χ4v) is 3.26. The first kappa shape index (κ1) is 17.9. The zero-order valence-electron chi connectivity index (χ0n) is 15.8. The monoisotopic (exact) mass is 376 g/mol. The van der Waals surface area contributed by atoms with Crippen molar-refractivity contribution in [3.05, 3.63) is 80.8 Å². The molecule has 0 aliphatic heterocycles. The molecular weight excluding hydrogens is 356 g/mol. The molecule has 2 aromatic heterocycles. The predicted octanol–water partition coefficient (Wildman–Crippen LogP) is 2.84. The lowest BCUT2D eigenvalue weighted by Gasteiger charge is -2.11. The third kappa shape index (κ3) is 3.05. The molecule has 7 heteroatoms. The molecule has 2 aromatic carbocycles. The Labute approximate surface area is 160 Å². The summed E-state index contributed by atoms with van der Waals surface area (Å²) in [6, 6.07) is 15.0. The van der Waals surface area contributed by atoms with E-state index in [2.05, 4.69) is 17.1 Å². The van der Waals surface area contributed by atoms with Crippen molar-refractivity contribution in [3.63, 3.8) is 0 Å². The van der Waals surface area contributed by atoms with E-state index in [1.54, 1.807) is 31.2 Å². The molecule has 0 N–H and O–H groups in total. The van der Waals surface area contributed by atoms with Gasteiger partial charge in [-0.1, -0.05) is 48.5 Å². The van der Waals surface area contributed by atoms with Gasteiger partial charge in [0.25, 0.3) is 5.56 Å². The lowest BCUT2D eigenvalue weighted by Crippen LogP contribution is -2.39. The summed E-state index contributed by atoms with van der Waals surface area (Å²) in [4.78, 5) is 29.8. The second-order valence-corrected chi connectivity index (χ2v) is 6.50. The molecule has 0 unspecified atom stereocenters. The maximum Gasteiger partial charge on any atom is 0.331 e. The van der Waals surface area contributed by atoms with Crippen LogP contribution in [0.2, 0.25) is 0 Å². The second-order valence-electron chi connectivity index (χ2n) is 6.50. The Balaban J connectivity index is 1.76. The molecule has 7 nitrogen and oxygen atoms in total. The van der Waals surface area contributed by atoms with Gasteiger partial charge in [-0.2, -0.15) is 4.98 Å². The Morgan fingerprint density at radius 2 is 1.71 bits per heavy atom. The van der Waals surface area contributed by atoms with E-state index in [1.807, 2.05) is 24.3 Å². The Morgan fingerprint density at radius 3 is 2.43 bits per heavy atom. The minimum absolute atomic E-state index is 0.0969. The van der Waals surface area contributed by atoms with Gasteiger partial charge in [-0.25, -0.2) is 4.79 Å². The van der Waals surface area contributed by atoms with Crippen LogP contribution in [0.25, 0.3) is 22.3 Å². The van der Waals surface area contributed by atoms with Gasteiger partial charge in [0.05, 0.1) is 10.9 Å². The van der Waals surface area contributed by atoms with Crippen molar-refractivity contribution in [1.82, 2.24) is 19.3 Å². The zero-order chi connectivity index (χ0) is 19.7. The summed E-state index contributed by atoms with van der Waals surface area (Å²) in [5, 5.41) is 4.52. The van der Waals surface area contributed by atoms with Crippen molar-refractivity contribution in [2.45, 2.75) is 33.4 Å². The highest BCUT2D eigenvalue weighted by molar-refractivity contribution is 5.77. The van der Waals surface area contributed by atoms with Crippen LogP contribution in [-0.2, 0) is 19.5 Å². The van der Waals surface area contributed by atoms with E-state index < -0.39 is 5.69 Å². The molecule has 0 aliphatic carbocycles. The number of aryl methyl sites for hydroxylation is 1. The van der Waals surface area contributed by atoms with Gasteiger partial charge >= 0.3 is 5.69 Å². The maximum absolute atomic E-state index is 12.8. The number of fused-ring (bicyclic) bond motifs is 1. The van der Waals surface area contributed by atoms with Crippen LogP contribution in [0.5, 0.6) is 0 Å². The largest absolute Gasteiger partial charge is 0.337 e. The Morgan fingerprint density at radius 1 is 0.964 bits per heavy atom. The number of aromatic nitrogens is 4. The van der Waals surface area contributed by atoms with Gasteiger partial charge in [-0.05, 0) is 31.0 Å². The Kier molecular flexibility index (Phi) is 4.65. The quantitative estimate of drug-likeness (QED) is 0.535. The number of para-hydroxylation sites is 1. The molecule has 0 aliphatic rings. The molecule has 28 heavy (non-hydrogen) atoms. The molecule has 0 bridgehead atoms. The van der Waals surface area contributed by atoms with E-state index in [-0.39, 0.29) is 12.1 Å². The first-order chi connectivity index (χ1) is 13.6. The summed E-state index contributed by atoms with van der Waals surface area (Å²) in [6.07, 6.45) is 0.959. The summed E-state index contributed by atoms with van der Waals surface area (Å²) in [5.74, 6) is 0.780. The standard InChI is InChI=1S/C21H20N4O3/c1-3-14-9-11-15(12-10-14)19-22-18(28-23-19)13-25-17-8-6-5-7-16(17)20(26)24(4-2)21(25)27/h5-12H,3-4,13H2,1-2H3. The second kappa shape index (κ2) is 7.26. The van der Waals surface area contributed by atoms with Crippen LogP contribution in [-0.4, -0.2) is 19.3 Å². The van der Waals surface area contributed by atoms with Crippen LogP contribution in [0.4, 0.5) is 0 Å². The van der Waals surface area contributed by atoms with Gasteiger partial charge in [-0.15, -0.1) is 0 Å². The molecule has 142 valence electrons. The fourth-order valence-electron chi connectivity index (χ4n) is 3.26. The molecule has 0 spiro atoms. The van der Waals surface area contributed by atoms with E-state index in [0.717, 1.165) is 12.0 Å². The topological polar surface area (TPSA) is 82.9 Å². The van der Waals surface area contributed by atoms with Crippen molar-refractivity contribution in [2.24, 2.45) is 0 Å². The first-order valence-electron chi connectivity index (χ1n) is 9.26. The Hall–Kier alpha value is -3.48. The van der Waals surface area contributed by atoms with Gasteiger partial charge in [0, 0.05) is 12.1 Å². The average molecular weight is 376 g/mol. The third-order valence-electron chi connectivity index (χ3n) is 4.83. The van der Waals surface area contributed by atoms with Crippen LogP contribution in [0.1, 0.15) is 25.3 Å². The van der Waals surface area contributed by atoms with E-state index in [1.165, 1.54) is 14.7 Å². The lowest BCUT2D eigenvalue weighted by molar-refractivity contribution is 0.369. The SMILES string of the molecule is CCc1ccc(-c2noc(Cn3c(=O)n(CC)c(=O)c4ccccc43)n2)cc1. The van der Waals surface area contributed by atoms with Gasteiger partial charge in [0.2, 0.25) is 11.7 Å². The predicted molar refractivity (Wildman–Crippen MR) is 106 cm³/mol. The average Bonchev–Trinajstić information content (AvgIpc) is 3.20. The van der Waals surface area contributed by atoms with Crippen molar-refractivity contribution in [2.75, 3.05) is 0 Å². The highest BCUT2D eigenvalue weighted by Gasteiger charge is 2.15. The minimum Gasteiger partial charge on any atom is -0.337 e. The normalized spacial score (nSPS) is 11.2. The van der Waals surface area contributed by atoms with E-state index in [4.69, 9.17) is 4.52 Å². The summed E-state index contributed by atoms with van der Waals surface area (Å²) in [7, 11) is 0. The first-order valence-corrected chi connectivity index (χ1v) is 9.26. The van der Waals surface area contributed by atoms with Crippen molar-refractivity contribution < 1.29 is 4.52 Å². The smallest absolute Gasteiger partial charge is 0.331 e. The van der Waals surface area contributed by atoms with Gasteiger partial charge < -0.3 is 4.52 Å². The van der Waals surface area contributed by atoms with Crippen LogP contribution in [0.15, 0.2) is 62.6 Å². The number of benzene rings is 2. The highest BCUT2D eigenvalue weighted by Crippen LogP contribution is 2.17. The van der Waals surface area contributed by atoms with Crippen LogP contribution in [0.3, 0.4) is 0 Å². The number of hydrogen-bond acceptors (Lipinski definition) is 5. The van der Waals surface area contributed by atoms with Crippen molar-refractivity contribution >= 4 is 10.9 Å². The molecule has 4 rings (SSSR count). The molecule has 0 amide bonds. The summed E-state index contributed by atoms with van der Waals surface area (Å²) < 4.78 is 8.09. The van der Waals surface area contributed by atoms with Crippen molar-refractivity contribution in [1.29, 1.82) is 0 Å². The lowest BCUT2D eigenvalue weighted by atomic mass is 10.1. The van der Waals surface area contributed by atoms with Crippen molar-refractivity contribution in [3.8, 4) is 11.4 Å².